The molecule has 0 radical (unpaired) electrons. The van der Waals surface area contributed by atoms with Gasteiger partial charge < -0.3 is 15.4 Å². The van der Waals surface area contributed by atoms with Crippen molar-refractivity contribution < 1.29 is 23.7 Å². The van der Waals surface area contributed by atoms with Gasteiger partial charge in [0.2, 0.25) is 16.8 Å². The number of nitrogen functional groups attached to an aromatic ring is 1. The average Bonchev–Trinajstić information content (AvgIpc) is 3.49. The number of likely N-dealkylation sites (tertiary alicyclic amines) is 1. The highest BCUT2D eigenvalue weighted by atomic mass is 32.2. The number of nitro groups is 1. The zero-order valence-electron chi connectivity index (χ0n) is 19.6. The molecule has 13 heteroatoms. The Morgan fingerprint density at radius 1 is 1.26 bits per heavy atom. The molecular weight excluding hydrogens is 476 g/mol. The summed E-state index contributed by atoms with van der Waals surface area (Å²) in [4.78, 5) is 41.1. The van der Waals surface area contributed by atoms with Crippen LogP contribution in [0.15, 0.2) is 29.4 Å². The van der Waals surface area contributed by atoms with Gasteiger partial charge >= 0.3 is 11.7 Å². The van der Waals surface area contributed by atoms with Crippen molar-refractivity contribution >= 4 is 35.3 Å². The van der Waals surface area contributed by atoms with Crippen LogP contribution in [0.2, 0.25) is 0 Å². The Morgan fingerprint density at radius 3 is 2.60 bits per heavy atom. The first kappa shape index (κ1) is 25.1. The number of rotatable bonds is 11. The van der Waals surface area contributed by atoms with E-state index in [1.54, 1.807) is 4.90 Å². The van der Waals surface area contributed by atoms with E-state index in [9.17, 15) is 14.9 Å². The summed E-state index contributed by atoms with van der Waals surface area (Å²) < 4.78 is 9.90. The highest BCUT2D eigenvalue weighted by molar-refractivity contribution is 7.94. The largest absolute Gasteiger partial charge is 0.467 e. The van der Waals surface area contributed by atoms with Gasteiger partial charge in [0, 0.05) is 13.1 Å². The van der Waals surface area contributed by atoms with E-state index in [0.29, 0.717) is 24.9 Å². The van der Waals surface area contributed by atoms with Gasteiger partial charge in [-0.05, 0) is 49.9 Å². The fourth-order valence-corrected chi connectivity index (χ4v) is 4.82. The van der Waals surface area contributed by atoms with Gasteiger partial charge in [0.1, 0.15) is 17.6 Å². The lowest BCUT2D eigenvalue weighted by molar-refractivity contribution is -0.383. The van der Waals surface area contributed by atoms with Gasteiger partial charge in [-0.2, -0.15) is 14.3 Å². The van der Waals surface area contributed by atoms with Crippen LogP contribution in [-0.4, -0.2) is 58.6 Å². The number of carbonyl (C=O) groups excluding carboxylic acids is 1. The number of hydrogen-bond donors (Lipinski definition) is 1. The number of anilines is 2. The SMILES string of the molecule is COOSc1nc(N)c([N+](=O)[O-])c(N(Cc2cccc(CN3CCCC3)c2)C2(C(=O)OC)CC2)n1. The average molecular weight is 505 g/mol. The van der Waals surface area contributed by atoms with Gasteiger partial charge in [-0.1, -0.05) is 24.3 Å². The van der Waals surface area contributed by atoms with E-state index in [2.05, 4.69) is 31.9 Å². The number of ether oxygens (including phenoxy) is 1. The number of esters is 1. The van der Waals surface area contributed by atoms with Crippen molar-refractivity contribution in [2.75, 3.05) is 37.9 Å². The van der Waals surface area contributed by atoms with Crippen molar-refractivity contribution in [3.63, 3.8) is 0 Å². The maximum Gasteiger partial charge on any atom is 0.353 e. The fraction of sp³-hybridized carbons (Fsp3) is 0.500. The predicted octanol–water partition coefficient (Wildman–Crippen LogP) is 2.86. The summed E-state index contributed by atoms with van der Waals surface area (Å²) in [7, 11) is 2.61. The van der Waals surface area contributed by atoms with Crippen molar-refractivity contribution in [1.29, 1.82) is 0 Å². The Hall–Kier alpha value is -3.00. The van der Waals surface area contributed by atoms with E-state index in [1.807, 2.05) is 12.1 Å². The fourth-order valence-electron chi connectivity index (χ4n) is 4.43. The molecule has 0 spiro atoms. The first-order chi connectivity index (χ1) is 16.9. The minimum Gasteiger partial charge on any atom is -0.467 e. The van der Waals surface area contributed by atoms with E-state index < -0.39 is 22.1 Å². The molecule has 1 aliphatic carbocycles. The molecule has 1 aromatic carbocycles. The topological polar surface area (TPSA) is 146 Å². The van der Waals surface area contributed by atoms with Gasteiger partial charge in [0.25, 0.3) is 0 Å². The van der Waals surface area contributed by atoms with E-state index >= 15 is 0 Å². The Labute approximate surface area is 207 Å². The summed E-state index contributed by atoms with van der Waals surface area (Å²) in [5.74, 6) is -0.896. The molecule has 1 saturated carbocycles. The number of hydrogen-bond acceptors (Lipinski definition) is 12. The maximum atomic E-state index is 12.9. The van der Waals surface area contributed by atoms with Crippen molar-refractivity contribution in [3.8, 4) is 0 Å². The molecule has 2 fully saturated rings. The van der Waals surface area contributed by atoms with E-state index in [1.165, 1.54) is 27.1 Å². The van der Waals surface area contributed by atoms with E-state index in [-0.39, 0.29) is 23.3 Å². The quantitative estimate of drug-likeness (QED) is 0.120. The van der Waals surface area contributed by atoms with Crippen LogP contribution in [0.1, 0.15) is 36.8 Å². The second-order valence-electron chi connectivity index (χ2n) is 8.55. The molecule has 0 amide bonds. The molecule has 2 aliphatic rings. The minimum absolute atomic E-state index is 0.0124. The van der Waals surface area contributed by atoms with Crippen LogP contribution < -0.4 is 10.6 Å². The van der Waals surface area contributed by atoms with E-state index in [4.69, 9.17) is 14.8 Å². The van der Waals surface area contributed by atoms with Crippen molar-refractivity contribution in [2.24, 2.45) is 0 Å². The summed E-state index contributed by atoms with van der Waals surface area (Å²) in [6, 6.07) is 7.99. The normalized spacial score (nSPS) is 16.7. The molecule has 1 aromatic heterocycles. The molecule has 188 valence electrons. The number of carbonyl (C=O) groups is 1. The minimum atomic E-state index is -1.09. The summed E-state index contributed by atoms with van der Waals surface area (Å²) in [5, 5.41) is 12.0. The molecule has 1 aliphatic heterocycles. The van der Waals surface area contributed by atoms with Gasteiger partial charge in [-0.15, -0.1) is 0 Å². The van der Waals surface area contributed by atoms with Crippen LogP contribution >= 0.6 is 12.0 Å². The molecule has 1 saturated heterocycles. The van der Waals surface area contributed by atoms with Crippen LogP contribution in [0.4, 0.5) is 17.3 Å². The summed E-state index contributed by atoms with van der Waals surface area (Å²) in [6.45, 7) is 3.15. The Bertz CT molecular complexity index is 1090. The molecule has 4 rings (SSSR count). The monoisotopic (exact) mass is 504 g/mol. The third-order valence-electron chi connectivity index (χ3n) is 6.23. The highest BCUT2D eigenvalue weighted by Gasteiger charge is 2.58. The van der Waals surface area contributed by atoms with Crippen LogP contribution in [0.3, 0.4) is 0 Å². The lowest BCUT2D eigenvalue weighted by Crippen LogP contribution is -2.45. The predicted molar refractivity (Wildman–Crippen MR) is 128 cm³/mol. The van der Waals surface area contributed by atoms with Crippen molar-refractivity contribution in [2.45, 2.75) is 49.5 Å². The van der Waals surface area contributed by atoms with Gasteiger partial charge in [-0.25, -0.2) is 9.68 Å². The number of aromatic nitrogens is 2. The molecule has 2 aromatic rings. The standard InChI is InChI=1S/C22H28N6O6S/c1-32-20(29)22(8-9-22)27(14-16-7-5-6-15(12-16)13-26-10-3-4-11-26)19-17(28(30)31)18(23)24-21(25-19)35-34-33-2/h5-7,12H,3-4,8-11,13-14H2,1-2H3,(H2,23,24,25). The lowest BCUT2D eigenvalue weighted by atomic mass is 10.1. The second-order valence-corrected chi connectivity index (χ2v) is 9.22. The first-order valence-corrected chi connectivity index (χ1v) is 12.0. The maximum absolute atomic E-state index is 12.9. The number of nitrogens with two attached hydrogens (primary N) is 1. The molecule has 0 bridgehead atoms. The summed E-state index contributed by atoms with van der Waals surface area (Å²) >= 11 is 0.663. The first-order valence-electron chi connectivity index (χ1n) is 11.2. The molecular formula is C22H28N6O6S. The number of methoxy groups -OCH3 is 1. The van der Waals surface area contributed by atoms with Crippen molar-refractivity contribution in [1.82, 2.24) is 14.9 Å². The van der Waals surface area contributed by atoms with Crippen LogP contribution in [0.25, 0.3) is 0 Å². The molecule has 0 unspecified atom stereocenters. The number of benzene rings is 1. The molecule has 2 N–H and O–H groups in total. The molecule has 2 heterocycles. The Kier molecular flexibility index (Phi) is 7.69. The van der Waals surface area contributed by atoms with Crippen LogP contribution in [-0.2, 0) is 31.8 Å². The third kappa shape index (κ3) is 5.48. The van der Waals surface area contributed by atoms with Gasteiger partial charge in [-0.3, -0.25) is 15.0 Å². The number of nitrogens with zero attached hydrogens (tertiary/aromatic N) is 5. The smallest absolute Gasteiger partial charge is 0.353 e. The summed E-state index contributed by atoms with van der Waals surface area (Å²) in [5.41, 5.74) is 6.41. The van der Waals surface area contributed by atoms with Gasteiger partial charge in [0.05, 0.1) is 19.1 Å². The van der Waals surface area contributed by atoms with Gasteiger partial charge in [0.15, 0.2) is 0 Å². The Balaban J connectivity index is 1.74. The van der Waals surface area contributed by atoms with Crippen LogP contribution in [0.5, 0.6) is 0 Å². The zero-order chi connectivity index (χ0) is 25.0. The van der Waals surface area contributed by atoms with E-state index in [0.717, 1.165) is 30.8 Å². The lowest BCUT2D eigenvalue weighted by Gasteiger charge is -2.31. The summed E-state index contributed by atoms with van der Waals surface area (Å²) in [6.07, 6.45) is 3.32. The van der Waals surface area contributed by atoms with Crippen LogP contribution in [0, 0.1) is 10.1 Å². The molecule has 12 nitrogen and oxygen atoms in total. The zero-order valence-corrected chi connectivity index (χ0v) is 20.5. The van der Waals surface area contributed by atoms with Crippen molar-refractivity contribution in [3.05, 3.63) is 45.5 Å². The molecule has 0 atom stereocenters. The highest BCUT2D eigenvalue weighted by Crippen LogP contribution is 2.48. The second kappa shape index (κ2) is 10.7. The molecule has 35 heavy (non-hydrogen) atoms. The Morgan fingerprint density at radius 2 is 1.97 bits per heavy atom. The third-order valence-corrected chi connectivity index (χ3v) is 6.77.